The van der Waals surface area contributed by atoms with Gasteiger partial charge in [-0.2, -0.15) is 5.26 Å². The highest BCUT2D eigenvalue weighted by atomic mass is 19.1. The van der Waals surface area contributed by atoms with E-state index in [0.717, 1.165) is 0 Å². The lowest BCUT2D eigenvalue weighted by atomic mass is 10.2. The third-order valence-corrected chi connectivity index (χ3v) is 2.54. The van der Waals surface area contributed by atoms with Gasteiger partial charge in [0.1, 0.15) is 11.9 Å². The Morgan fingerprint density at radius 1 is 1.50 bits per heavy atom. The summed E-state index contributed by atoms with van der Waals surface area (Å²) < 4.78 is 14.6. The van der Waals surface area contributed by atoms with Crippen molar-refractivity contribution in [2.75, 3.05) is 0 Å². The molecule has 1 aromatic heterocycles. The molecule has 18 heavy (non-hydrogen) atoms. The molecule has 0 saturated heterocycles. The molecule has 1 aromatic carbocycles. The Hall–Kier alpha value is -2.55. The van der Waals surface area contributed by atoms with Crippen LogP contribution in [-0.2, 0) is 0 Å². The number of nitrogens with zero attached hydrogens (tertiary/aromatic N) is 4. The van der Waals surface area contributed by atoms with Crippen LogP contribution >= 0.6 is 0 Å². The van der Waals surface area contributed by atoms with Gasteiger partial charge in [0.25, 0.3) is 0 Å². The Morgan fingerprint density at radius 3 is 2.78 bits per heavy atom. The van der Waals surface area contributed by atoms with Crippen molar-refractivity contribution in [3.05, 3.63) is 41.0 Å². The molecule has 0 amide bonds. The molecule has 2 rings (SSSR count). The average molecular weight is 244 g/mol. The van der Waals surface area contributed by atoms with Crippen LogP contribution in [0, 0.1) is 24.1 Å². The lowest BCUT2D eigenvalue weighted by molar-refractivity contribution is 0.101. The molecule has 0 atom stereocenters. The molecular weight excluding hydrogens is 235 g/mol. The van der Waals surface area contributed by atoms with Gasteiger partial charge in [0.05, 0.1) is 16.9 Å². The predicted octanol–water partition coefficient (Wildman–Crippen LogP) is 1.79. The fourth-order valence-electron chi connectivity index (χ4n) is 1.63. The summed E-state index contributed by atoms with van der Waals surface area (Å²) in [5.74, 6) is -0.785. The van der Waals surface area contributed by atoms with Crippen LogP contribution in [0.3, 0.4) is 0 Å². The molecule has 90 valence electrons. The molecule has 0 unspecified atom stereocenters. The number of hydrogen-bond acceptors (Lipinski definition) is 4. The van der Waals surface area contributed by atoms with E-state index in [0.29, 0.717) is 11.4 Å². The number of Topliss-reactive ketones (excluding diaryl/α,β-unsaturated/α-hetero) is 1. The zero-order valence-corrected chi connectivity index (χ0v) is 9.81. The lowest BCUT2D eigenvalue weighted by Crippen LogP contribution is -2.02. The van der Waals surface area contributed by atoms with Crippen molar-refractivity contribution in [2.45, 2.75) is 13.8 Å². The van der Waals surface area contributed by atoms with E-state index in [1.165, 1.54) is 29.8 Å². The number of benzene rings is 1. The molecule has 0 aliphatic carbocycles. The Bertz CT molecular complexity index is 669. The number of aromatic nitrogens is 3. The van der Waals surface area contributed by atoms with Gasteiger partial charge in [0, 0.05) is 6.92 Å². The SMILES string of the molecule is CC(=O)c1nnn(-c2ccc(F)c(C#N)c2)c1C. The van der Waals surface area contributed by atoms with Gasteiger partial charge in [0.15, 0.2) is 11.5 Å². The molecule has 0 bridgehead atoms. The number of carbonyl (C=O) groups is 1. The Morgan fingerprint density at radius 2 is 2.22 bits per heavy atom. The minimum Gasteiger partial charge on any atom is -0.293 e. The Kier molecular flexibility index (Phi) is 2.90. The fourth-order valence-corrected chi connectivity index (χ4v) is 1.63. The van der Waals surface area contributed by atoms with E-state index < -0.39 is 5.82 Å². The first-order valence-electron chi connectivity index (χ1n) is 5.18. The number of nitriles is 1. The summed E-state index contributed by atoms with van der Waals surface area (Å²) in [4.78, 5) is 11.3. The third-order valence-electron chi connectivity index (χ3n) is 2.54. The lowest BCUT2D eigenvalue weighted by Gasteiger charge is -2.04. The van der Waals surface area contributed by atoms with Crippen LogP contribution in [0.1, 0.15) is 28.7 Å². The molecule has 0 saturated carbocycles. The van der Waals surface area contributed by atoms with Gasteiger partial charge in [-0.25, -0.2) is 9.07 Å². The van der Waals surface area contributed by atoms with Gasteiger partial charge < -0.3 is 0 Å². The quantitative estimate of drug-likeness (QED) is 0.755. The van der Waals surface area contributed by atoms with Crippen molar-refractivity contribution in [1.29, 1.82) is 5.26 Å². The minimum atomic E-state index is -0.592. The zero-order valence-electron chi connectivity index (χ0n) is 9.81. The summed E-state index contributed by atoms with van der Waals surface area (Å²) in [6.07, 6.45) is 0. The summed E-state index contributed by atoms with van der Waals surface area (Å²) in [5.41, 5.74) is 1.23. The van der Waals surface area contributed by atoms with Crippen LogP contribution in [0.5, 0.6) is 0 Å². The second kappa shape index (κ2) is 4.37. The van der Waals surface area contributed by atoms with Gasteiger partial charge in [-0.05, 0) is 25.1 Å². The number of carbonyl (C=O) groups excluding carboxylic acids is 1. The molecule has 0 spiro atoms. The van der Waals surface area contributed by atoms with Crippen LogP contribution in [0.4, 0.5) is 4.39 Å². The van der Waals surface area contributed by atoms with Gasteiger partial charge >= 0.3 is 0 Å². The van der Waals surface area contributed by atoms with Gasteiger partial charge in [-0.3, -0.25) is 4.79 Å². The van der Waals surface area contributed by atoms with E-state index in [4.69, 9.17) is 5.26 Å². The molecular formula is C12H9FN4O. The van der Waals surface area contributed by atoms with Gasteiger partial charge in [-0.15, -0.1) is 5.10 Å². The maximum atomic E-state index is 13.2. The first kappa shape index (κ1) is 11.9. The van der Waals surface area contributed by atoms with E-state index in [2.05, 4.69) is 10.3 Å². The molecule has 5 nitrogen and oxygen atoms in total. The van der Waals surface area contributed by atoms with Crippen molar-refractivity contribution < 1.29 is 9.18 Å². The molecule has 1 heterocycles. The highest BCUT2D eigenvalue weighted by Gasteiger charge is 2.14. The standard InChI is InChI=1S/C12H9FN4O/c1-7-12(8(2)18)15-16-17(7)10-3-4-11(13)9(5-10)6-14/h3-5H,1-2H3. The molecule has 2 aromatic rings. The van der Waals surface area contributed by atoms with Crippen LogP contribution in [0.25, 0.3) is 5.69 Å². The van der Waals surface area contributed by atoms with Crippen molar-refractivity contribution in [2.24, 2.45) is 0 Å². The van der Waals surface area contributed by atoms with E-state index in [-0.39, 0.29) is 17.0 Å². The first-order chi connectivity index (χ1) is 8.54. The fraction of sp³-hybridized carbons (Fsp3) is 0.167. The van der Waals surface area contributed by atoms with Gasteiger partial charge in [0.2, 0.25) is 0 Å². The maximum absolute atomic E-state index is 13.2. The zero-order chi connectivity index (χ0) is 13.3. The molecule has 0 radical (unpaired) electrons. The van der Waals surface area contributed by atoms with Crippen molar-refractivity contribution >= 4 is 5.78 Å². The largest absolute Gasteiger partial charge is 0.293 e. The molecule has 6 heteroatoms. The summed E-state index contributed by atoms with van der Waals surface area (Å²) in [6, 6.07) is 5.77. The summed E-state index contributed by atoms with van der Waals surface area (Å²) in [6.45, 7) is 3.08. The van der Waals surface area contributed by atoms with Crippen molar-refractivity contribution in [3.8, 4) is 11.8 Å². The van der Waals surface area contributed by atoms with Crippen LogP contribution in [0.15, 0.2) is 18.2 Å². The van der Waals surface area contributed by atoms with E-state index in [1.807, 2.05) is 0 Å². The maximum Gasteiger partial charge on any atom is 0.181 e. The Balaban J connectivity index is 2.57. The van der Waals surface area contributed by atoms with E-state index in [9.17, 15) is 9.18 Å². The van der Waals surface area contributed by atoms with Crippen LogP contribution in [-0.4, -0.2) is 20.8 Å². The molecule has 0 fully saturated rings. The Labute approximate surface area is 102 Å². The van der Waals surface area contributed by atoms with Crippen molar-refractivity contribution in [3.63, 3.8) is 0 Å². The van der Waals surface area contributed by atoms with E-state index >= 15 is 0 Å². The smallest absolute Gasteiger partial charge is 0.181 e. The minimum absolute atomic E-state index is 0.0771. The summed E-state index contributed by atoms with van der Waals surface area (Å²) in [5, 5.41) is 16.3. The van der Waals surface area contributed by atoms with Crippen molar-refractivity contribution in [1.82, 2.24) is 15.0 Å². The monoisotopic (exact) mass is 244 g/mol. The molecule has 0 aliphatic rings. The molecule has 0 aliphatic heterocycles. The van der Waals surface area contributed by atoms with Crippen LogP contribution in [0.2, 0.25) is 0 Å². The van der Waals surface area contributed by atoms with Gasteiger partial charge in [-0.1, -0.05) is 5.21 Å². The first-order valence-corrected chi connectivity index (χ1v) is 5.18. The molecule has 0 N–H and O–H groups in total. The van der Waals surface area contributed by atoms with Crippen LogP contribution < -0.4 is 0 Å². The summed E-state index contributed by atoms with van der Waals surface area (Å²) in [7, 11) is 0. The average Bonchev–Trinajstić information content (AvgIpc) is 2.72. The normalized spacial score (nSPS) is 10.1. The summed E-state index contributed by atoms with van der Waals surface area (Å²) >= 11 is 0. The number of hydrogen-bond donors (Lipinski definition) is 0. The predicted molar refractivity (Wildman–Crippen MR) is 60.8 cm³/mol. The second-order valence-electron chi connectivity index (χ2n) is 3.77. The highest BCUT2D eigenvalue weighted by Crippen LogP contribution is 2.16. The number of ketones is 1. The van der Waals surface area contributed by atoms with E-state index in [1.54, 1.807) is 13.0 Å². The number of halogens is 1. The topological polar surface area (TPSA) is 71.6 Å². The number of rotatable bonds is 2. The highest BCUT2D eigenvalue weighted by molar-refractivity contribution is 5.93. The third kappa shape index (κ3) is 1.86. The second-order valence-corrected chi connectivity index (χ2v) is 3.77.